The van der Waals surface area contributed by atoms with Crippen LogP contribution in [0.1, 0.15) is 12.0 Å². The maximum Gasteiger partial charge on any atom is 0.214 e. The second kappa shape index (κ2) is 5.81. The van der Waals surface area contributed by atoms with Gasteiger partial charge >= 0.3 is 0 Å². The molecule has 2 aromatic rings. The second-order valence-corrected chi connectivity index (χ2v) is 8.00. The maximum absolute atomic E-state index is 11.7. The van der Waals surface area contributed by atoms with Crippen LogP contribution < -0.4 is 5.32 Å². The molecule has 0 amide bonds. The number of hydrogen-bond donors (Lipinski definition) is 1. The van der Waals surface area contributed by atoms with Gasteiger partial charge in [0.2, 0.25) is 10.0 Å². The van der Waals surface area contributed by atoms with Gasteiger partial charge in [-0.15, -0.1) is 11.3 Å². The third-order valence-corrected chi connectivity index (χ3v) is 6.59. The van der Waals surface area contributed by atoms with Crippen LogP contribution in [-0.4, -0.2) is 38.1 Å². The summed E-state index contributed by atoms with van der Waals surface area (Å²) in [5.41, 5.74) is 1.29. The third-order valence-electron chi connectivity index (χ3n) is 3.62. The largest absolute Gasteiger partial charge is 0.311 e. The fourth-order valence-corrected chi connectivity index (χ4v) is 5.03. The van der Waals surface area contributed by atoms with Crippen LogP contribution in [0.3, 0.4) is 0 Å². The Morgan fingerprint density at radius 1 is 1.30 bits per heavy atom. The molecule has 0 aliphatic carbocycles. The number of fused-ring (bicyclic) bond motifs is 1. The van der Waals surface area contributed by atoms with Gasteiger partial charge in [-0.3, -0.25) is 0 Å². The van der Waals surface area contributed by atoms with E-state index in [9.17, 15) is 8.42 Å². The Hall–Kier alpha value is -0.950. The number of rotatable bonds is 5. The van der Waals surface area contributed by atoms with Crippen molar-refractivity contribution in [3.05, 3.63) is 35.2 Å². The minimum atomic E-state index is -2.96. The molecule has 108 valence electrons. The lowest BCUT2D eigenvalue weighted by molar-refractivity contribution is 0.434. The summed E-state index contributed by atoms with van der Waals surface area (Å²) in [6.45, 7) is 2.73. The van der Waals surface area contributed by atoms with Crippen molar-refractivity contribution < 1.29 is 8.42 Å². The molecule has 0 bridgehead atoms. The van der Waals surface area contributed by atoms with Gasteiger partial charge in [-0.05, 0) is 28.8 Å². The van der Waals surface area contributed by atoms with E-state index in [1.165, 1.54) is 15.6 Å². The van der Waals surface area contributed by atoms with Gasteiger partial charge in [0.25, 0.3) is 0 Å². The van der Waals surface area contributed by atoms with E-state index in [1.54, 1.807) is 15.6 Å². The zero-order valence-electron chi connectivity index (χ0n) is 11.2. The first kappa shape index (κ1) is 14.0. The lowest BCUT2D eigenvalue weighted by Crippen LogP contribution is -2.33. The van der Waals surface area contributed by atoms with Crippen molar-refractivity contribution in [2.75, 3.05) is 25.4 Å². The second-order valence-electron chi connectivity index (χ2n) is 5.00. The van der Waals surface area contributed by atoms with Gasteiger partial charge in [-0.25, -0.2) is 12.7 Å². The van der Waals surface area contributed by atoms with Crippen molar-refractivity contribution in [1.29, 1.82) is 0 Å². The van der Waals surface area contributed by atoms with Crippen LogP contribution in [0.15, 0.2) is 29.6 Å². The van der Waals surface area contributed by atoms with Crippen molar-refractivity contribution in [2.45, 2.75) is 13.0 Å². The minimum Gasteiger partial charge on any atom is -0.311 e. The van der Waals surface area contributed by atoms with E-state index in [0.717, 1.165) is 13.0 Å². The highest BCUT2D eigenvalue weighted by Gasteiger charge is 2.27. The molecule has 1 aromatic carbocycles. The highest BCUT2D eigenvalue weighted by Crippen LogP contribution is 2.25. The summed E-state index contributed by atoms with van der Waals surface area (Å²) in [4.78, 5) is 0. The quantitative estimate of drug-likeness (QED) is 0.860. The third kappa shape index (κ3) is 2.88. The SMILES string of the molecule is O=S1(=O)CCCN1CCNCc1csc2ccccc12. The molecule has 4 nitrogen and oxygen atoms in total. The van der Waals surface area contributed by atoms with E-state index >= 15 is 0 Å². The Morgan fingerprint density at radius 3 is 2.95 bits per heavy atom. The highest BCUT2D eigenvalue weighted by atomic mass is 32.2. The Labute approximate surface area is 123 Å². The fraction of sp³-hybridized carbons (Fsp3) is 0.429. The number of sulfonamides is 1. The summed E-state index contributed by atoms with van der Waals surface area (Å²) in [5.74, 6) is 0.308. The van der Waals surface area contributed by atoms with Gasteiger partial charge in [-0.2, -0.15) is 0 Å². The summed E-state index contributed by atoms with van der Waals surface area (Å²) in [5, 5.41) is 6.81. The smallest absolute Gasteiger partial charge is 0.214 e. The predicted molar refractivity (Wildman–Crippen MR) is 83.5 cm³/mol. The van der Waals surface area contributed by atoms with Crippen molar-refractivity contribution in [3.8, 4) is 0 Å². The first-order valence-corrected chi connectivity index (χ1v) is 9.29. The average Bonchev–Trinajstić information content (AvgIpc) is 2.99. The molecule has 1 aliphatic rings. The number of nitrogens with zero attached hydrogens (tertiary/aromatic N) is 1. The topological polar surface area (TPSA) is 49.4 Å². The summed E-state index contributed by atoms with van der Waals surface area (Å²) >= 11 is 1.75. The predicted octanol–water partition coefficient (Wildman–Crippen LogP) is 2.03. The molecule has 2 heterocycles. The number of nitrogens with one attached hydrogen (secondary N) is 1. The van der Waals surface area contributed by atoms with Crippen molar-refractivity contribution in [1.82, 2.24) is 9.62 Å². The first-order valence-electron chi connectivity index (χ1n) is 6.80. The molecule has 1 N–H and O–H groups in total. The zero-order chi connectivity index (χ0) is 14.0. The minimum absolute atomic E-state index is 0.308. The summed E-state index contributed by atoms with van der Waals surface area (Å²) < 4.78 is 26.2. The molecule has 0 unspecified atom stereocenters. The molecular weight excluding hydrogens is 292 g/mol. The van der Waals surface area contributed by atoms with Crippen LogP contribution in [0.2, 0.25) is 0 Å². The molecule has 0 saturated carbocycles. The van der Waals surface area contributed by atoms with Crippen LogP contribution >= 0.6 is 11.3 Å². The molecule has 1 fully saturated rings. The van der Waals surface area contributed by atoms with Crippen LogP contribution in [0, 0.1) is 0 Å². The maximum atomic E-state index is 11.7. The van der Waals surface area contributed by atoms with E-state index in [1.807, 2.05) is 6.07 Å². The Kier molecular flexibility index (Phi) is 4.07. The van der Waals surface area contributed by atoms with Crippen LogP contribution in [0.4, 0.5) is 0 Å². The standard InChI is InChI=1S/C14H18N2O2S2/c17-20(18)9-3-7-16(20)8-6-15-10-12-11-19-14-5-2-1-4-13(12)14/h1-2,4-5,11,15H,3,6-10H2. The van der Waals surface area contributed by atoms with Gasteiger partial charge in [0, 0.05) is 30.9 Å². The number of benzene rings is 1. The molecule has 0 atom stereocenters. The van der Waals surface area contributed by atoms with E-state index in [0.29, 0.717) is 25.4 Å². The molecule has 1 saturated heterocycles. The summed E-state index contributed by atoms with van der Waals surface area (Å²) in [6, 6.07) is 8.36. The Morgan fingerprint density at radius 2 is 2.15 bits per heavy atom. The lowest BCUT2D eigenvalue weighted by atomic mass is 10.2. The van der Waals surface area contributed by atoms with E-state index in [-0.39, 0.29) is 0 Å². The summed E-state index contributed by atoms with van der Waals surface area (Å²) in [6.07, 6.45) is 0.761. The average molecular weight is 310 g/mol. The van der Waals surface area contributed by atoms with Gasteiger partial charge in [-0.1, -0.05) is 18.2 Å². The lowest BCUT2D eigenvalue weighted by Gasteiger charge is -2.14. The van der Waals surface area contributed by atoms with Gasteiger partial charge in [0.15, 0.2) is 0 Å². The van der Waals surface area contributed by atoms with Crippen LogP contribution in [-0.2, 0) is 16.6 Å². The van der Waals surface area contributed by atoms with Crippen molar-refractivity contribution in [3.63, 3.8) is 0 Å². The van der Waals surface area contributed by atoms with E-state index in [4.69, 9.17) is 0 Å². The molecule has 1 aromatic heterocycles. The van der Waals surface area contributed by atoms with Gasteiger partial charge in [0.05, 0.1) is 5.75 Å². The molecule has 20 heavy (non-hydrogen) atoms. The zero-order valence-corrected chi connectivity index (χ0v) is 12.8. The first-order chi connectivity index (χ1) is 9.67. The highest BCUT2D eigenvalue weighted by molar-refractivity contribution is 7.89. The molecule has 0 spiro atoms. The fourth-order valence-electron chi connectivity index (χ4n) is 2.54. The van der Waals surface area contributed by atoms with Gasteiger partial charge < -0.3 is 5.32 Å². The van der Waals surface area contributed by atoms with Crippen molar-refractivity contribution in [2.24, 2.45) is 0 Å². The molecule has 6 heteroatoms. The van der Waals surface area contributed by atoms with Gasteiger partial charge in [0.1, 0.15) is 0 Å². The Bertz CT molecular complexity index is 694. The molecule has 3 rings (SSSR count). The number of hydrogen-bond acceptors (Lipinski definition) is 4. The number of thiophene rings is 1. The van der Waals surface area contributed by atoms with Crippen LogP contribution in [0.5, 0.6) is 0 Å². The molecule has 1 aliphatic heterocycles. The molecular formula is C14H18N2O2S2. The summed E-state index contributed by atoms with van der Waals surface area (Å²) in [7, 11) is -2.96. The Balaban J connectivity index is 1.53. The van der Waals surface area contributed by atoms with E-state index < -0.39 is 10.0 Å². The van der Waals surface area contributed by atoms with Crippen molar-refractivity contribution >= 4 is 31.4 Å². The van der Waals surface area contributed by atoms with Crippen LogP contribution in [0.25, 0.3) is 10.1 Å². The monoisotopic (exact) mass is 310 g/mol. The molecule has 0 radical (unpaired) electrons. The normalized spacial score (nSPS) is 18.8. The van der Waals surface area contributed by atoms with E-state index in [2.05, 4.69) is 28.9 Å².